The summed E-state index contributed by atoms with van der Waals surface area (Å²) in [5.74, 6) is 1.37. The zero-order valence-corrected chi connectivity index (χ0v) is 11.0. The number of carbonyl (C=O) groups is 1. The van der Waals surface area contributed by atoms with Crippen LogP contribution in [0.1, 0.15) is 22.5 Å². The Hall–Kier alpha value is -1.07. The van der Waals surface area contributed by atoms with Gasteiger partial charge in [0, 0.05) is 31.1 Å². The Kier molecular flexibility index (Phi) is 3.69. The molecule has 2 rings (SSSR count). The molecule has 5 heteroatoms. The van der Waals surface area contributed by atoms with Crippen molar-refractivity contribution in [2.45, 2.75) is 18.9 Å². The highest BCUT2D eigenvalue weighted by molar-refractivity contribution is 7.12. The molecular formula is C12H18N2O2S. The zero-order valence-electron chi connectivity index (χ0n) is 10.2. The van der Waals surface area contributed by atoms with Crippen LogP contribution in [0.25, 0.3) is 0 Å². The van der Waals surface area contributed by atoms with Crippen molar-refractivity contribution in [3.05, 3.63) is 16.3 Å². The molecule has 0 bridgehead atoms. The van der Waals surface area contributed by atoms with Crippen LogP contribution in [0.2, 0.25) is 0 Å². The van der Waals surface area contributed by atoms with Gasteiger partial charge in [0.25, 0.3) is 5.91 Å². The highest BCUT2D eigenvalue weighted by atomic mass is 32.1. The molecule has 1 fully saturated rings. The van der Waals surface area contributed by atoms with Crippen LogP contribution in [0, 0.1) is 5.92 Å². The van der Waals surface area contributed by atoms with E-state index in [0.29, 0.717) is 17.3 Å². The van der Waals surface area contributed by atoms with E-state index in [2.05, 4.69) is 0 Å². The lowest BCUT2D eigenvalue weighted by Gasteiger charge is -2.26. The predicted octanol–water partition coefficient (Wildman–Crippen LogP) is 1.57. The van der Waals surface area contributed by atoms with Crippen molar-refractivity contribution in [1.29, 1.82) is 0 Å². The van der Waals surface area contributed by atoms with E-state index in [1.165, 1.54) is 24.2 Å². The monoisotopic (exact) mass is 254 g/mol. The van der Waals surface area contributed by atoms with Gasteiger partial charge in [0.1, 0.15) is 5.75 Å². The van der Waals surface area contributed by atoms with Crippen molar-refractivity contribution in [3.63, 3.8) is 0 Å². The average molecular weight is 254 g/mol. The van der Waals surface area contributed by atoms with Gasteiger partial charge in [0.05, 0.1) is 12.0 Å². The molecule has 1 amide bonds. The first-order chi connectivity index (χ1) is 8.17. The van der Waals surface area contributed by atoms with Gasteiger partial charge >= 0.3 is 0 Å². The van der Waals surface area contributed by atoms with Gasteiger partial charge in [-0.1, -0.05) is 0 Å². The Morgan fingerprint density at radius 1 is 1.71 bits per heavy atom. The smallest absolute Gasteiger partial charge is 0.264 e. The third-order valence-corrected chi connectivity index (χ3v) is 4.14. The third-order valence-electron chi connectivity index (χ3n) is 3.25. The quantitative estimate of drug-likeness (QED) is 0.867. The summed E-state index contributed by atoms with van der Waals surface area (Å²) in [6.07, 6.45) is 2.38. The molecule has 0 saturated heterocycles. The molecule has 0 aromatic carbocycles. The largest absolute Gasteiger partial charge is 0.496 e. The van der Waals surface area contributed by atoms with Gasteiger partial charge in [0.15, 0.2) is 0 Å². The fourth-order valence-corrected chi connectivity index (χ4v) is 2.85. The molecule has 0 aliphatic heterocycles. The number of nitrogens with two attached hydrogens (primary N) is 1. The number of rotatable bonds is 5. The maximum atomic E-state index is 12.2. The van der Waals surface area contributed by atoms with Crippen molar-refractivity contribution >= 4 is 17.2 Å². The first kappa shape index (κ1) is 12.4. The van der Waals surface area contributed by atoms with Crippen molar-refractivity contribution in [3.8, 4) is 5.75 Å². The number of amides is 1. The normalized spacial score (nSPS) is 16.6. The molecule has 1 aliphatic rings. The number of likely N-dealkylation sites (N-methyl/N-ethyl adjacent to an activating group) is 1. The summed E-state index contributed by atoms with van der Waals surface area (Å²) in [6, 6.07) is 1.96. The first-order valence-electron chi connectivity index (χ1n) is 5.77. The van der Waals surface area contributed by atoms with Crippen molar-refractivity contribution < 1.29 is 9.53 Å². The molecule has 1 atom stereocenters. The molecule has 1 aliphatic carbocycles. The van der Waals surface area contributed by atoms with E-state index in [4.69, 9.17) is 10.5 Å². The van der Waals surface area contributed by atoms with Crippen LogP contribution in [0.15, 0.2) is 11.4 Å². The van der Waals surface area contributed by atoms with E-state index in [1.54, 1.807) is 18.1 Å². The van der Waals surface area contributed by atoms with Gasteiger partial charge in [-0.15, -0.1) is 11.3 Å². The molecule has 2 N–H and O–H groups in total. The highest BCUT2D eigenvalue weighted by Crippen LogP contribution is 2.35. The summed E-state index contributed by atoms with van der Waals surface area (Å²) < 4.78 is 5.09. The molecule has 1 aromatic heterocycles. The topological polar surface area (TPSA) is 55.6 Å². The number of carbonyl (C=O) groups excluding carboxylic acids is 1. The second kappa shape index (κ2) is 5.06. The van der Waals surface area contributed by atoms with Gasteiger partial charge in [0.2, 0.25) is 0 Å². The Morgan fingerprint density at radius 3 is 2.88 bits per heavy atom. The summed E-state index contributed by atoms with van der Waals surface area (Å²) >= 11 is 1.41. The van der Waals surface area contributed by atoms with E-state index >= 15 is 0 Å². The second-order valence-electron chi connectivity index (χ2n) is 4.41. The maximum Gasteiger partial charge on any atom is 0.264 e. The van der Waals surface area contributed by atoms with Crippen LogP contribution in [0.4, 0.5) is 0 Å². The van der Waals surface area contributed by atoms with Gasteiger partial charge in [-0.25, -0.2) is 0 Å². The van der Waals surface area contributed by atoms with E-state index in [-0.39, 0.29) is 11.9 Å². The van der Waals surface area contributed by atoms with Crippen LogP contribution in [0.3, 0.4) is 0 Å². The summed E-state index contributed by atoms with van der Waals surface area (Å²) in [6.45, 7) is 0.537. The van der Waals surface area contributed by atoms with Crippen LogP contribution in [-0.4, -0.2) is 37.6 Å². The van der Waals surface area contributed by atoms with E-state index in [0.717, 1.165) is 5.75 Å². The third kappa shape index (κ3) is 2.61. The van der Waals surface area contributed by atoms with E-state index in [1.807, 2.05) is 12.4 Å². The lowest BCUT2D eigenvalue weighted by atomic mass is 10.1. The molecule has 1 unspecified atom stereocenters. The minimum atomic E-state index is 0.0423. The molecule has 4 nitrogen and oxygen atoms in total. The van der Waals surface area contributed by atoms with Gasteiger partial charge in [-0.2, -0.15) is 0 Å². The molecule has 0 radical (unpaired) electrons. The number of hydrogen-bond donors (Lipinski definition) is 1. The zero-order chi connectivity index (χ0) is 12.4. The summed E-state index contributed by atoms with van der Waals surface area (Å²) in [7, 11) is 3.44. The minimum Gasteiger partial charge on any atom is -0.496 e. The lowest BCUT2D eigenvalue weighted by Crippen LogP contribution is -2.43. The standard InChI is InChI=1S/C12H18N2O2S/c1-14(10(6-13)8-3-4-8)12(15)11-5-9(16-2)7-17-11/h5,7-8,10H,3-4,6,13H2,1-2H3. The van der Waals surface area contributed by atoms with Gasteiger partial charge < -0.3 is 15.4 Å². The number of methoxy groups -OCH3 is 1. The van der Waals surface area contributed by atoms with Gasteiger partial charge in [-0.05, 0) is 18.8 Å². The Morgan fingerprint density at radius 2 is 2.41 bits per heavy atom. The molecule has 0 spiro atoms. The Labute approximate surface area is 105 Å². The molecule has 1 saturated carbocycles. The Balaban J connectivity index is 2.07. The Bertz CT molecular complexity index is 401. The van der Waals surface area contributed by atoms with E-state index < -0.39 is 0 Å². The number of hydrogen-bond acceptors (Lipinski definition) is 4. The number of thiophene rings is 1. The average Bonchev–Trinajstić information content (AvgIpc) is 3.06. The van der Waals surface area contributed by atoms with Gasteiger partial charge in [-0.3, -0.25) is 4.79 Å². The maximum absolute atomic E-state index is 12.2. The van der Waals surface area contributed by atoms with Crippen LogP contribution >= 0.6 is 11.3 Å². The van der Waals surface area contributed by atoms with Crippen molar-refractivity contribution in [2.24, 2.45) is 11.7 Å². The number of ether oxygens (including phenoxy) is 1. The number of nitrogens with zero attached hydrogens (tertiary/aromatic N) is 1. The second-order valence-corrected chi connectivity index (χ2v) is 5.32. The predicted molar refractivity (Wildman–Crippen MR) is 68.5 cm³/mol. The molecule has 17 heavy (non-hydrogen) atoms. The van der Waals surface area contributed by atoms with Crippen molar-refractivity contribution in [1.82, 2.24) is 4.90 Å². The van der Waals surface area contributed by atoms with Crippen LogP contribution in [-0.2, 0) is 0 Å². The van der Waals surface area contributed by atoms with Crippen LogP contribution < -0.4 is 10.5 Å². The van der Waals surface area contributed by atoms with Crippen LogP contribution in [0.5, 0.6) is 5.75 Å². The fourth-order valence-electron chi connectivity index (χ4n) is 2.01. The summed E-state index contributed by atoms with van der Waals surface area (Å²) in [5.41, 5.74) is 5.75. The lowest BCUT2D eigenvalue weighted by molar-refractivity contribution is 0.0723. The molecule has 94 valence electrons. The molecule has 1 heterocycles. The summed E-state index contributed by atoms with van der Waals surface area (Å²) in [5, 5.41) is 1.84. The summed E-state index contributed by atoms with van der Waals surface area (Å²) in [4.78, 5) is 14.7. The highest BCUT2D eigenvalue weighted by Gasteiger charge is 2.35. The van der Waals surface area contributed by atoms with Crippen molar-refractivity contribution in [2.75, 3.05) is 20.7 Å². The first-order valence-corrected chi connectivity index (χ1v) is 6.65. The van der Waals surface area contributed by atoms with E-state index in [9.17, 15) is 4.79 Å². The molecular weight excluding hydrogens is 236 g/mol. The molecule has 1 aromatic rings. The fraction of sp³-hybridized carbons (Fsp3) is 0.583. The minimum absolute atomic E-state index is 0.0423. The SMILES string of the molecule is COc1csc(C(=O)N(C)C(CN)C2CC2)c1.